The van der Waals surface area contributed by atoms with Gasteiger partial charge < -0.3 is 4.74 Å². The van der Waals surface area contributed by atoms with Gasteiger partial charge in [0.25, 0.3) is 0 Å². The van der Waals surface area contributed by atoms with Gasteiger partial charge in [-0.3, -0.25) is 0 Å². The summed E-state index contributed by atoms with van der Waals surface area (Å²) in [5, 5.41) is -0.192. The number of rotatable bonds is 3. The molecule has 0 fully saturated rings. The molecule has 104 valence electrons. The van der Waals surface area contributed by atoms with Gasteiger partial charge in [0, 0.05) is 21.4 Å². The van der Waals surface area contributed by atoms with Gasteiger partial charge in [-0.25, -0.2) is 0 Å². The molecule has 0 saturated carbocycles. The molecule has 1 aliphatic rings. The van der Waals surface area contributed by atoms with E-state index in [2.05, 4.69) is 46.5 Å². The number of thioether (sulfide) groups is 1. The Balaban J connectivity index is 2.09. The van der Waals surface area contributed by atoms with Crippen molar-refractivity contribution in [3.8, 4) is 5.75 Å². The molecule has 2 aromatic carbocycles. The molecule has 1 aliphatic heterocycles. The third-order valence-corrected chi connectivity index (χ3v) is 5.20. The van der Waals surface area contributed by atoms with Gasteiger partial charge in [0.15, 0.2) is 0 Å². The van der Waals surface area contributed by atoms with Crippen molar-refractivity contribution in [3.63, 3.8) is 0 Å². The fourth-order valence-corrected chi connectivity index (χ4v) is 4.11. The molecule has 3 rings (SSSR count). The molecular formula is C16H14BrClOS. The minimum atomic E-state index is -0.192. The number of benzene rings is 2. The van der Waals surface area contributed by atoms with E-state index in [9.17, 15) is 0 Å². The lowest BCUT2D eigenvalue weighted by molar-refractivity contribution is 0.353. The predicted octanol–water partition coefficient (Wildman–Crippen LogP) is 5.43. The van der Waals surface area contributed by atoms with E-state index in [1.807, 2.05) is 12.1 Å². The molecule has 0 aliphatic carbocycles. The van der Waals surface area contributed by atoms with E-state index in [0.717, 1.165) is 34.4 Å². The van der Waals surface area contributed by atoms with Crippen LogP contribution in [0.2, 0.25) is 0 Å². The van der Waals surface area contributed by atoms with Gasteiger partial charge in [-0.1, -0.05) is 34.1 Å². The van der Waals surface area contributed by atoms with Crippen LogP contribution >= 0.6 is 39.3 Å². The van der Waals surface area contributed by atoms with E-state index in [1.54, 1.807) is 11.8 Å². The Labute approximate surface area is 136 Å². The zero-order valence-electron chi connectivity index (χ0n) is 11.0. The summed E-state index contributed by atoms with van der Waals surface area (Å²) in [4.78, 5) is 1.21. The first-order valence-electron chi connectivity index (χ1n) is 6.43. The van der Waals surface area contributed by atoms with Crippen LogP contribution in [0.1, 0.15) is 22.1 Å². The van der Waals surface area contributed by atoms with Crippen molar-refractivity contribution in [1.29, 1.82) is 0 Å². The van der Waals surface area contributed by atoms with Crippen LogP contribution in [-0.4, -0.2) is 12.9 Å². The fourth-order valence-electron chi connectivity index (χ4n) is 2.53. The summed E-state index contributed by atoms with van der Waals surface area (Å²) in [5.41, 5.74) is 3.43. The van der Waals surface area contributed by atoms with Crippen molar-refractivity contribution in [3.05, 3.63) is 57.6 Å². The highest BCUT2D eigenvalue weighted by molar-refractivity contribution is 9.10. The zero-order valence-corrected chi connectivity index (χ0v) is 14.2. The molecule has 0 radical (unpaired) electrons. The van der Waals surface area contributed by atoms with Crippen molar-refractivity contribution in [2.24, 2.45) is 0 Å². The first kappa shape index (κ1) is 14.3. The van der Waals surface area contributed by atoms with Crippen molar-refractivity contribution in [2.75, 3.05) is 12.9 Å². The van der Waals surface area contributed by atoms with Crippen LogP contribution in [0.25, 0.3) is 0 Å². The summed E-state index contributed by atoms with van der Waals surface area (Å²) in [5.74, 6) is 0.962. The Hall–Kier alpha value is -0.640. The molecule has 0 saturated heterocycles. The molecule has 2 aromatic rings. The van der Waals surface area contributed by atoms with E-state index in [-0.39, 0.29) is 5.38 Å². The normalized spacial score (nSPS) is 14.8. The number of ether oxygens (including phenoxy) is 1. The van der Waals surface area contributed by atoms with Crippen LogP contribution < -0.4 is 4.74 Å². The van der Waals surface area contributed by atoms with E-state index in [1.165, 1.54) is 10.5 Å². The highest BCUT2D eigenvalue weighted by atomic mass is 79.9. The van der Waals surface area contributed by atoms with Crippen LogP contribution in [0.3, 0.4) is 0 Å². The van der Waals surface area contributed by atoms with Crippen molar-refractivity contribution >= 4 is 39.3 Å². The molecule has 1 nitrogen and oxygen atoms in total. The van der Waals surface area contributed by atoms with E-state index in [0.29, 0.717) is 0 Å². The summed E-state index contributed by atoms with van der Waals surface area (Å²) in [7, 11) is 0. The third kappa shape index (κ3) is 2.59. The molecule has 0 N–H and O–H groups in total. The second kappa shape index (κ2) is 6.00. The second-order valence-electron chi connectivity index (χ2n) is 4.69. The zero-order chi connectivity index (χ0) is 14.1. The van der Waals surface area contributed by atoms with Crippen LogP contribution in [-0.2, 0) is 6.42 Å². The van der Waals surface area contributed by atoms with Gasteiger partial charge in [-0.15, -0.1) is 23.4 Å². The number of hydrogen-bond acceptors (Lipinski definition) is 2. The topological polar surface area (TPSA) is 9.23 Å². The summed E-state index contributed by atoms with van der Waals surface area (Å²) in [6, 6.07) is 12.5. The standard InChI is InChI=1S/C16H14BrClOS/c1-20-14-5-3-2-4-12(14)15(18)13-9-11(17)8-10-6-7-19-16(10)13/h2-5,8-9,15H,6-7H2,1H3. The lowest BCUT2D eigenvalue weighted by Gasteiger charge is -2.17. The van der Waals surface area contributed by atoms with Crippen LogP contribution in [0.5, 0.6) is 5.75 Å². The first-order valence-corrected chi connectivity index (χ1v) is 8.88. The number of alkyl halides is 1. The van der Waals surface area contributed by atoms with Crippen molar-refractivity contribution in [2.45, 2.75) is 16.7 Å². The number of hydrogen-bond donors (Lipinski definition) is 0. The van der Waals surface area contributed by atoms with Gasteiger partial charge in [0.2, 0.25) is 0 Å². The lowest BCUT2D eigenvalue weighted by atomic mass is 10.0. The molecule has 0 spiro atoms. The quantitative estimate of drug-likeness (QED) is 0.526. The van der Waals surface area contributed by atoms with Crippen molar-refractivity contribution < 1.29 is 4.74 Å². The number of fused-ring (bicyclic) bond motifs is 1. The monoisotopic (exact) mass is 368 g/mol. The van der Waals surface area contributed by atoms with E-state index in [4.69, 9.17) is 16.3 Å². The van der Waals surface area contributed by atoms with Crippen LogP contribution in [0, 0.1) is 0 Å². The maximum absolute atomic E-state index is 6.76. The maximum Gasteiger partial charge on any atom is 0.127 e. The average Bonchev–Trinajstić information content (AvgIpc) is 2.93. The Morgan fingerprint density at radius 3 is 2.85 bits per heavy atom. The summed E-state index contributed by atoms with van der Waals surface area (Å²) in [6.07, 6.45) is 3.03. The molecule has 0 bridgehead atoms. The minimum absolute atomic E-state index is 0.192. The Kier molecular flexibility index (Phi) is 4.29. The number of halogens is 2. The Bertz CT molecular complexity index is 644. The summed E-state index contributed by atoms with van der Waals surface area (Å²) in [6.45, 7) is 0.743. The average molecular weight is 370 g/mol. The van der Waals surface area contributed by atoms with Gasteiger partial charge >= 0.3 is 0 Å². The lowest BCUT2D eigenvalue weighted by Crippen LogP contribution is -1.99. The molecule has 1 unspecified atom stereocenters. The fraction of sp³-hybridized carbons (Fsp3) is 0.250. The largest absolute Gasteiger partial charge is 0.493 e. The summed E-state index contributed by atoms with van der Waals surface area (Å²) >= 11 is 12.0. The molecule has 20 heavy (non-hydrogen) atoms. The van der Waals surface area contributed by atoms with Crippen LogP contribution in [0.15, 0.2) is 45.8 Å². The predicted molar refractivity (Wildman–Crippen MR) is 89.3 cm³/mol. The highest BCUT2D eigenvalue weighted by Crippen LogP contribution is 2.43. The van der Waals surface area contributed by atoms with Gasteiger partial charge in [0.1, 0.15) is 5.75 Å². The second-order valence-corrected chi connectivity index (χ2v) is 6.89. The van der Waals surface area contributed by atoms with Gasteiger partial charge in [-0.05, 0) is 35.6 Å². The first-order chi connectivity index (χ1) is 9.70. The van der Waals surface area contributed by atoms with E-state index < -0.39 is 0 Å². The van der Waals surface area contributed by atoms with Gasteiger partial charge in [-0.2, -0.15) is 0 Å². The van der Waals surface area contributed by atoms with Crippen LogP contribution in [0.4, 0.5) is 0 Å². The smallest absolute Gasteiger partial charge is 0.127 e. The molecule has 0 aromatic heterocycles. The molecule has 1 heterocycles. The highest BCUT2D eigenvalue weighted by Gasteiger charge is 2.24. The van der Waals surface area contributed by atoms with E-state index >= 15 is 0 Å². The Morgan fingerprint density at radius 2 is 2.05 bits per heavy atom. The van der Waals surface area contributed by atoms with Crippen molar-refractivity contribution in [1.82, 2.24) is 0 Å². The minimum Gasteiger partial charge on any atom is -0.493 e. The molecular weight excluding hydrogens is 356 g/mol. The molecule has 4 heteroatoms. The van der Waals surface area contributed by atoms with Gasteiger partial charge in [0.05, 0.1) is 12.0 Å². The maximum atomic E-state index is 6.76. The third-order valence-electron chi connectivity index (χ3n) is 3.46. The Morgan fingerprint density at radius 1 is 1.25 bits per heavy atom. The summed E-state index contributed by atoms with van der Waals surface area (Å²) < 4.78 is 6.85. The molecule has 0 amide bonds. The molecule has 1 atom stereocenters. The SMILES string of the molecule is CSc1ccccc1C(Cl)c1cc(Br)cc2c1OCC2.